The van der Waals surface area contributed by atoms with E-state index in [9.17, 15) is 19.7 Å². The van der Waals surface area contributed by atoms with Gasteiger partial charge in [0.15, 0.2) is 6.61 Å². The van der Waals surface area contributed by atoms with Crippen LogP contribution in [0.15, 0.2) is 60.9 Å². The number of benzene rings is 2. The van der Waals surface area contributed by atoms with Gasteiger partial charge in [-0.1, -0.05) is 24.3 Å². The Morgan fingerprint density at radius 2 is 1.93 bits per heavy atom. The van der Waals surface area contributed by atoms with E-state index in [1.165, 1.54) is 12.1 Å². The number of aryl methyl sites for hydroxylation is 1. The van der Waals surface area contributed by atoms with Crippen molar-refractivity contribution in [3.8, 4) is 0 Å². The maximum absolute atomic E-state index is 12.1. The second kappa shape index (κ2) is 8.79. The van der Waals surface area contributed by atoms with E-state index in [-0.39, 0.29) is 11.4 Å². The Balaban J connectivity index is 1.57. The SMILES string of the molecule is Cc1cccc([N+](=O)[O-])c1NC(=O)COC(=O)c1ccc(Cn2cccn2)cc1. The molecule has 9 nitrogen and oxygen atoms in total. The Morgan fingerprint density at radius 3 is 2.59 bits per heavy atom. The van der Waals surface area contributed by atoms with Crippen molar-refractivity contribution >= 4 is 23.3 Å². The highest BCUT2D eigenvalue weighted by Gasteiger charge is 2.18. The van der Waals surface area contributed by atoms with Crippen LogP contribution in [-0.4, -0.2) is 33.2 Å². The van der Waals surface area contributed by atoms with Gasteiger partial charge in [-0.25, -0.2) is 4.79 Å². The summed E-state index contributed by atoms with van der Waals surface area (Å²) in [7, 11) is 0. The minimum Gasteiger partial charge on any atom is -0.452 e. The molecule has 29 heavy (non-hydrogen) atoms. The third-order valence-corrected chi connectivity index (χ3v) is 4.14. The number of aromatic nitrogens is 2. The summed E-state index contributed by atoms with van der Waals surface area (Å²) in [5.41, 5.74) is 1.64. The first kappa shape index (κ1) is 19.7. The van der Waals surface area contributed by atoms with Crippen molar-refractivity contribution in [1.29, 1.82) is 0 Å². The lowest BCUT2D eigenvalue weighted by atomic mass is 10.1. The summed E-state index contributed by atoms with van der Waals surface area (Å²) in [6.45, 7) is 1.65. The lowest BCUT2D eigenvalue weighted by molar-refractivity contribution is -0.384. The minimum absolute atomic E-state index is 0.0847. The van der Waals surface area contributed by atoms with Gasteiger partial charge in [0.1, 0.15) is 5.69 Å². The Morgan fingerprint density at radius 1 is 1.17 bits per heavy atom. The van der Waals surface area contributed by atoms with Crippen molar-refractivity contribution < 1.29 is 19.2 Å². The zero-order valence-electron chi connectivity index (χ0n) is 15.6. The Kier molecular flexibility index (Phi) is 5.98. The van der Waals surface area contributed by atoms with Crippen LogP contribution in [0.2, 0.25) is 0 Å². The van der Waals surface area contributed by atoms with E-state index in [1.54, 1.807) is 48.1 Å². The number of rotatable bonds is 7. The Bertz CT molecular complexity index is 1030. The molecule has 1 heterocycles. The van der Waals surface area contributed by atoms with Crippen LogP contribution < -0.4 is 5.32 Å². The molecule has 0 aliphatic rings. The highest BCUT2D eigenvalue weighted by molar-refractivity contribution is 5.97. The molecule has 0 aliphatic carbocycles. The van der Waals surface area contributed by atoms with Crippen molar-refractivity contribution in [1.82, 2.24) is 9.78 Å². The Hall–Kier alpha value is -4.01. The largest absolute Gasteiger partial charge is 0.452 e. The lowest BCUT2D eigenvalue weighted by Crippen LogP contribution is -2.22. The van der Waals surface area contributed by atoms with E-state index in [0.29, 0.717) is 17.7 Å². The molecular formula is C20H18N4O5. The van der Waals surface area contributed by atoms with E-state index in [2.05, 4.69) is 10.4 Å². The van der Waals surface area contributed by atoms with Crippen molar-refractivity contribution in [2.24, 2.45) is 0 Å². The fourth-order valence-electron chi connectivity index (χ4n) is 2.68. The second-order valence-corrected chi connectivity index (χ2v) is 6.25. The van der Waals surface area contributed by atoms with E-state index in [4.69, 9.17) is 4.74 Å². The number of nitrogens with zero attached hydrogens (tertiary/aromatic N) is 3. The second-order valence-electron chi connectivity index (χ2n) is 6.25. The summed E-state index contributed by atoms with van der Waals surface area (Å²) < 4.78 is 6.76. The highest BCUT2D eigenvalue weighted by atomic mass is 16.6. The number of esters is 1. The maximum Gasteiger partial charge on any atom is 0.338 e. The quantitative estimate of drug-likeness (QED) is 0.374. The number of amides is 1. The first-order valence-electron chi connectivity index (χ1n) is 8.71. The number of carbonyl (C=O) groups is 2. The van der Waals surface area contributed by atoms with Crippen LogP contribution in [-0.2, 0) is 16.1 Å². The van der Waals surface area contributed by atoms with Gasteiger partial charge in [-0.3, -0.25) is 19.6 Å². The summed E-state index contributed by atoms with van der Waals surface area (Å²) in [5.74, 6) is -1.32. The maximum atomic E-state index is 12.1. The summed E-state index contributed by atoms with van der Waals surface area (Å²) in [6.07, 6.45) is 3.52. The van der Waals surface area contributed by atoms with E-state index in [1.807, 2.05) is 12.3 Å². The van der Waals surface area contributed by atoms with Crippen LogP contribution in [0, 0.1) is 17.0 Å². The van der Waals surface area contributed by atoms with Crippen LogP contribution in [0.4, 0.5) is 11.4 Å². The van der Waals surface area contributed by atoms with Crippen LogP contribution in [0.5, 0.6) is 0 Å². The van der Waals surface area contributed by atoms with Crippen molar-refractivity contribution in [2.75, 3.05) is 11.9 Å². The third kappa shape index (κ3) is 5.04. The molecule has 1 N–H and O–H groups in total. The number of anilines is 1. The zero-order valence-corrected chi connectivity index (χ0v) is 15.6. The summed E-state index contributed by atoms with van der Waals surface area (Å²) in [5, 5.41) is 17.6. The van der Waals surface area contributed by atoms with E-state index >= 15 is 0 Å². The molecule has 0 spiro atoms. The summed E-state index contributed by atoms with van der Waals surface area (Å²) in [6, 6.07) is 13.0. The van der Waals surface area contributed by atoms with Gasteiger partial charge in [-0.2, -0.15) is 5.10 Å². The monoisotopic (exact) mass is 394 g/mol. The standard InChI is InChI=1S/C20H18N4O5/c1-14-4-2-5-17(24(27)28)19(14)22-18(25)13-29-20(26)16-8-6-15(7-9-16)12-23-11-3-10-21-23/h2-11H,12-13H2,1H3,(H,22,25). The highest BCUT2D eigenvalue weighted by Crippen LogP contribution is 2.27. The Labute approximate surface area is 166 Å². The molecule has 9 heteroatoms. The number of ether oxygens (including phenoxy) is 1. The molecule has 0 atom stereocenters. The average molecular weight is 394 g/mol. The van der Waals surface area contributed by atoms with Gasteiger partial charge in [0, 0.05) is 18.5 Å². The summed E-state index contributed by atoms with van der Waals surface area (Å²) >= 11 is 0. The lowest BCUT2D eigenvalue weighted by Gasteiger charge is -2.09. The van der Waals surface area contributed by atoms with Crippen LogP contribution >= 0.6 is 0 Å². The van der Waals surface area contributed by atoms with Gasteiger partial charge < -0.3 is 10.1 Å². The van der Waals surface area contributed by atoms with Crippen LogP contribution in [0.25, 0.3) is 0 Å². The molecular weight excluding hydrogens is 376 g/mol. The molecule has 0 radical (unpaired) electrons. The third-order valence-electron chi connectivity index (χ3n) is 4.14. The van der Waals surface area contributed by atoms with Crippen molar-refractivity contribution in [3.05, 3.63) is 87.7 Å². The first-order valence-corrected chi connectivity index (χ1v) is 8.71. The fourth-order valence-corrected chi connectivity index (χ4v) is 2.68. The molecule has 0 unspecified atom stereocenters. The predicted molar refractivity (Wildman–Crippen MR) is 105 cm³/mol. The number of para-hydroxylation sites is 1. The van der Waals surface area contributed by atoms with Crippen LogP contribution in [0.3, 0.4) is 0 Å². The smallest absolute Gasteiger partial charge is 0.338 e. The van der Waals surface area contributed by atoms with E-state index < -0.39 is 23.4 Å². The molecule has 148 valence electrons. The number of nitro groups is 1. The molecule has 1 amide bonds. The molecule has 3 aromatic rings. The minimum atomic E-state index is -0.662. The first-order chi connectivity index (χ1) is 13.9. The van der Waals surface area contributed by atoms with E-state index in [0.717, 1.165) is 5.56 Å². The number of hydrogen-bond acceptors (Lipinski definition) is 6. The number of nitro benzene ring substituents is 1. The molecule has 3 rings (SSSR count). The molecule has 0 aliphatic heterocycles. The van der Waals surface area contributed by atoms with Crippen molar-refractivity contribution in [2.45, 2.75) is 13.5 Å². The molecule has 0 fully saturated rings. The number of hydrogen-bond donors (Lipinski definition) is 1. The normalized spacial score (nSPS) is 10.4. The van der Waals surface area contributed by atoms with Gasteiger partial charge in [0.2, 0.25) is 0 Å². The number of carbonyl (C=O) groups excluding carboxylic acids is 2. The zero-order chi connectivity index (χ0) is 20.8. The molecule has 1 aromatic heterocycles. The van der Waals surface area contributed by atoms with Crippen molar-refractivity contribution in [3.63, 3.8) is 0 Å². The molecule has 0 saturated carbocycles. The topological polar surface area (TPSA) is 116 Å². The molecule has 2 aromatic carbocycles. The van der Waals surface area contributed by atoms with Gasteiger partial charge in [0.05, 0.1) is 17.0 Å². The van der Waals surface area contributed by atoms with Gasteiger partial charge in [-0.15, -0.1) is 0 Å². The summed E-state index contributed by atoms with van der Waals surface area (Å²) in [4.78, 5) is 34.7. The van der Waals surface area contributed by atoms with Gasteiger partial charge in [-0.05, 0) is 36.2 Å². The van der Waals surface area contributed by atoms with Gasteiger partial charge >= 0.3 is 5.97 Å². The predicted octanol–water partition coefficient (Wildman–Crippen LogP) is 2.94. The fraction of sp³-hybridized carbons (Fsp3) is 0.150. The molecule has 0 saturated heterocycles. The van der Waals surface area contributed by atoms with Crippen LogP contribution in [0.1, 0.15) is 21.5 Å². The molecule has 0 bridgehead atoms. The number of nitrogens with one attached hydrogen (secondary N) is 1. The average Bonchev–Trinajstić information content (AvgIpc) is 3.21. The van der Waals surface area contributed by atoms with Gasteiger partial charge in [0.25, 0.3) is 11.6 Å².